The number of aryl methyl sites for hydroxylation is 1. The van der Waals surface area contributed by atoms with E-state index in [1.165, 1.54) is 0 Å². The summed E-state index contributed by atoms with van der Waals surface area (Å²) in [6, 6.07) is 13.9. The Kier molecular flexibility index (Phi) is 7.39. The van der Waals surface area contributed by atoms with Crippen LogP contribution in [-0.2, 0) is 4.79 Å². The Morgan fingerprint density at radius 2 is 1.66 bits per heavy atom. The van der Waals surface area contributed by atoms with Crippen LogP contribution in [-0.4, -0.2) is 47.0 Å². The van der Waals surface area contributed by atoms with Gasteiger partial charge in [-0.05, 0) is 56.0 Å². The zero-order valence-electron chi connectivity index (χ0n) is 20.3. The van der Waals surface area contributed by atoms with E-state index in [1.807, 2.05) is 49.4 Å². The molecule has 8 heteroatoms. The summed E-state index contributed by atoms with van der Waals surface area (Å²) >= 11 is 0. The summed E-state index contributed by atoms with van der Waals surface area (Å²) < 4.78 is 12.9. The fourth-order valence-corrected chi connectivity index (χ4v) is 4.72. The number of aliphatic carboxylic acids is 1. The summed E-state index contributed by atoms with van der Waals surface area (Å²) in [4.78, 5) is 25.3. The Morgan fingerprint density at radius 3 is 2.23 bits per heavy atom. The van der Waals surface area contributed by atoms with Crippen molar-refractivity contribution in [1.29, 1.82) is 0 Å². The summed E-state index contributed by atoms with van der Waals surface area (Å²) in [5, 5.41) is 17.2. The number of carbonyl (C=O) groups excluding carboxylic acids is 1. The van der Waals surface area contributed by atoms with Gasteiger partial charge in [-0.1, -0.05) is 43.0 Å². The highest BCUT2D eigenvalue weighted by Crippen LogP contribution is 2.39. The van der Waals surface area contributed by atoms with E-state index in [0.717, 1.165) is 43.4 Å². The number of carboxylic acid groups (broad SMARTS) is 1. The normalized spacial score (nSPS) is 14.8. The number of rotatable bonds is 8. The minimum absolute atomic E-state index is 0.0850. The first-order chi connectivity index (χ1) is 16.9. The zero-order chi connectivity index (χ0) is 24.9. The molecule has 0 unspecified atom stereocenters. The lowest BCUT2D eigenvalue weighted by atomic mass is 9.84. The molecule has 1 amide bonds. The zero-order valence-corrected chi connectivity index (χ0v) is 20.3. The van der Waals surface area contributed by atoms with E-state index in [-0.39, 0.29) is 11.6 Å². The van der Waals surface area contributed by atoms with Crippen LogP contribution in [0.15, 0.2) is 48.5 Å². The number of nitrogens with zero attached hydrogens (tertiary/aromatic N) is 2. The van der Waals surface area contributed by atoms with Crippen molar-refractivity contribution < 1.29 is 24.2 Å². The third-order valence-corrected chi connectivity index (χ3v) is 6.58. The average Bonchev–Trinajstić information content (AvgIpc) is 3.32. The number of nitrogens with one attached hydrogen (secondary N) is 1. The Labute approximate surface area is 204 Å². The Bertz CT molecular complexity index is 1170. The molecular weight excluding hydrogens is 446 g/mol. The van der Waals surface area contributed by atoms with Gasteiger partial charge in [-0.3, -0.25) is 4.79 Å². The minimum Gasteiger partial charge on any atom is -0.496 e. The van der Waals surface area contributed by atoms with Gasteiger partial charge in [-0.2, -0.15) is 5.10 Å². The molecule has 1 fully saturated rings. The van der Waals surface area contributed by atoms with Gasteiger partial charge in [0, 0.05) is 0 Å². The molecule has 0 bridgehead atoms. The highest BCUT2D eigenvalue weighted by molar-refractivity contribution is 5.96. The van der Waals surface area contributed by atoms with Gasteiger partial charge in [-0.25, -0.2) is 9.48 Å². The maximum atomic E-state index is 13.3. The number of benzene rings is 2. The van der Waals surface area contributed by atoms with Crippen LogP contribution in [0.3, 0.4) is 0 Å². The number of amides is 1. The van der Waals surface area contributed by atoms with E-state index in [2.05, 4.69) is 10.4 Å². The molecule has 35 heavy (non-hydrogen) atoms. The molecule has 1 aliphatic carbocycles. The molecule has 1 heterocycles. The largest absolute Gasteiger partial charge is 0.496 e. The maximum Gasteiger partial charge on any atom is 0.326 e. The minimum atomic E-state index is -1.02. The number of methoxy groups -OCH3 is 2. The van der Waals surface area contributed by atoms with E-state index in [4.69, 9.17) is 9.47 Å². The van der Waals surface area contributed by atoms with Gasteiger partial charge in [0.2, 0.25) is 0 Å². The van der Waals surface area contributed by atoms with Crippen molar-refractivity contribution in [2.45, 2.75) is 45.1 Å². The quantitative estimate of drug-likeness (QED) is 0.490. The number of aromatic nitrogens is 2. The molecule has 4 rings (SSSR count). The van der Waals surface area contributed by atoms with Crippen LogP contribution in [0, 0.1) is 12.8 Å². The first-order valence-corrected chi connectivity index (χ1v) is 11.8. The predicted octanol–water partition coefficient (Wildman–Crippen LogP) is 4.63. The molecule has 0 saturated heterocycles. The predicted molar refractivity (Wildman–Crippen MR) is 132 cm³/mol. The number of carbonyl (C=O) groups is 2. The van der Waals surface area contributed by atoms with Gasteiger partial charge in [0.1, 0.15) is 17.5 Å². The summed E-state index contributed by atoms with van der Waals surface area (Å²) in [6.07, 6.45) is 4.63. The lowest BCUT2D eigenvalue weighted by Crippen LogP contribution is -2.46. The Hall–Kier alpha value is -3.81. The van der Waals surface area contributed by atoms with Gasteiger partial charge in [0.05, 0.1) is 31.2 Å². The van der Waals surface area contributed by atoms with E-state index >= 15 is 0 Å². The molecule has 0 spiro atoms. The summed E-state index contributed by atoms with van der Waals surface area (Å²) in [5.41, 5.74) is 3.20. The molecule has 2 aromatic carbocycles. The molecule has 2 N–H and O–H groups in total. The number of hydrogen-bond donors (Lipinski definition) is 2. The van der Waals surface area contributed by atoms with Crippen LogP contribution in [0.4, 0.5) is 0 Å². The Morgan fingerprint density at radius 1 is 1.03 bits per heavy atom. The van der Waals surface area contributed by atoms with Crippen LogP contribution >= 0.6 is 0 Å². The van der Waals surface area contributed by atoms with Gasteiger partial charge in [-0.15, -0.1) is 0 Å². The number of hydrogen-bond acceptors (Lipinski definition) is 5. The van der Waals surface area contributed by atoms with Crippen LogP contribution < -0.4 is 14.8 Å². The molecule has 184 valence electrons. The van der Waals surface area contributed by atoms with Gasteiger partial charge in [0.25, 0.3) is 5.91 Å². The van der Waals surface area contributed by atoms with Crippen molar-refractivity contribution >= 4 is 11.9 Å². The maximum absolute atomic E-state index is 13.3. The molecule has 1 aromatic heterocycles. The van der Waals surface area contributed by atoms with E-state index in [0.29, 0.717) is 22.8 Å². The smallest absolute Gasteiger partial charge is 0.326 e. The van der Waals surface area contributed by atoms with Crippen molar-refractivity contribution in [3.63, 3.8) is 0 Å². The first-order valence-electron chi connectivity index (χ1n) is 11.8. The van der Waals surface area contributed by atoms with Crippen molar-refractivity contribution in [3.05, 3.63) is 59.8 Å². The third kappa shape index (κ3) is 5.16. The van der Waals surface area contributed by atoms with Crippen molar-refractivity contribution in [2.24, 2.45) is 5.92 Å². The topological polar surface area (TPSA) is 103 Å². The molecule has 1 atom stereocenters. The second kappa shape index (κ2) is 10.6. The standard InChI is InChI=1S/C27H31N3O5/c1-17-12-14-19(15-13-17)30-21(24-22(34-2)10-7-11-23(24)35-3)16-20(29-30)26(31)28-25(27(32)33)18-8-5-4-6-9-18/h7,10-16,18,25H,4-6,8-9H2,1-3H3,(H,28,31)(H,32,33)/t25-/m0/s1. The summed E-state index contributed by atoms with van der Waals surface area (Å²) in [7, 11) is 3.14. The first kappa shape index (κ1) is 24.3. The van der Waals surface area contributed by atoms with Crippen LogP contribution in [0.1, 0.15) is 48.2 Å². The van der Waals surface area contributed by atoms with E-state index < -0.39 is 17.9 Å². The fourth-order valence-electron chi connectivity index (χ4n) is 4.72. The van der Waals surface area contributed by atoms with Gasteiger partial charge in [0.15, 0.2) is 5.69 Å². The fraction of sp³-hybridized carbons (Fsp3) is 0.370. The molecule has 1 aliphatic rings. The lowest BCUT2D eigenvalue weighted by molar-refractivity contribution is -0.141. The monoisotopic (exact) mass is 477 g/mol. The van der Waals surface area contributed by atoms with Gasteiger partial charge >= 0.3 is 5.97 Å². The van der Waals surface area contributed by atoms with Crippen LogP contribution in [0.2, 0.25) is 0 Å². The molecule has 8 nitrogen and oxygen atoms in total. The second-order valence-corrected chi connectivity index (χ2v) is 8.89. The van der Waals surface area contributed by atoms with Gasteiger partial charge < -0.3 is 19.9 Å². The molecular formula is C27H31N3O5. The SMILES string of the molecule is COc1cccc(OC)c1-c1cc(C(=O)N[C@H](C(=O)O)C2CCCCC2)nn1-c1ccc(C)cc1. The van der Waals surface area contributed by atoms with Crippen LogP contribution in [0.25, 0.3) is 16.9 Å². The van der Waals surface area contributed by atoms with Crippen molar-refractivity contribution in [3.8, 4) is 28.4 Å². The highest BCUT2D eigenvalue weighted by atomic mass is 16.5. The highest BCUT2D eigenvalue weighted by Gasteiger charge is 2.32. The molecule has 0 aliphatic heterocycles. The van der Waals surface area contributed by atoms with Crippen molar-refractivity contribution in [1.82, 2.24) is 15.1 Å². The number of carboxylic acids is 1. The van der Waals surface area contributed by atoms with E-state index in [1.54, 1.807) is 25.0 Å². The summed E-state index contributed by atoms with van der Waals surface area (Å²) in [6.45, 7) is 1.99. The van der Waals surface area contributed by atoms with E-state index in [9.17, 15) is 14.7 Å². The van der Waals surface area contributed by atoms with Crippen molar-refractivity contribution in [2.75, 3.05) is 14.2 Å². The lowest BCUT2D eigenvalue weighted by Gasteiger charge is -2.27. The number of ether oxygens (including phenoxy) is 2. The second-order valence-electron chi connectivity index (χ2n) is 8.89. The molecule has 1 saturated carbocycles. The molecule has 3 aromatic rings. The molecule has 0 radical (unpaired) electrons. The summed E-state index contributed by atoms with van der Waals surface area (Å²) in [5.74, 6) is -0.498. The average molecular weight is 478 g/mol. The third-order valence-electron chi connectivity index (χ3n) is 6.58. The van der Waals surface area contributed by atoms with Crippen LogP contribution in [0.5, 0.6) is 11.5 Å². The Balaban J connectivity index is 1.78.